The number of ether oxygens (including phenoxy) is 1. The van der Waals surface area contributed by atoms with E-state index in [2.05, 4.69) is 4.98 Å². The molecule has 0 aliphatic heterocycles. The summed E-state index contributed by atoms with van der Waals surface area (Å²) in [6.07, 6.45) is 0.192. The quantitative estimate of drug-likeness (QED) is 0.903. The summed E-state index contributed by atoms with van der Waals surface area (Å²) < 4.78 is 34.0. The molecule has 0 radical (unpaired) electrons. The van der Waals surface area contributed by atoms with E-state index in [1.807, 2.05) is 0 Å². The lowest BCUT2D eigenvalue weighted by Crippen LogP contribution is -2.12. The van der Waals surface area contributed by atoms with Crippen LogP contribution in [0.4, 0.5) is 14.5 Å². The first kappa shape index (κ1) is 16.7. The van der Waals surface area contributed by atoms with Crippen molar-refractivity contribution in [2.45, 2.75) is 20.3 Å². The third kappa shape index (κ3) is 2.69. The van der Waals surface area contributed by atoms with Crippen LogP contribution in [-0.2, 0) is 6.42 Å². The van der Waals surface area contributed by atoms with Gasteiger partial charge in [0.25, 0.3) is 0 Å². The van der Waals surface area contributed by atoms with Gasteiger partial charge in [0.15, 0.2) is 23.1 Å². The van der Waals surface area contributed by atoms with Crippen LogP contribution in [0.1, 0.15) is 28.5 Å². The fraction of sp³-hybridized carbons (Fsp3) is 0.250. The van der Waals surface area contributed by atoms with Gasteiger partial charge in [0.2, 0.25) is 0 Å². The number of benzene rings is 1. The lowest BCUT2D eigenvalue weighted by molar-refractivity contribution is 0.0689. The number of nitrogens with two attached hydrogens (primary N) is 1. The Morgan fingerprint density at radius 3 is 2.52 bits per heavy atom. The van der Waals surface area contributed by atoms with Gasteiger partial charge in [-0.2, -0.15) is 0 Å². The van der Waals surface area contributed by atoms with Crippen LogP contribution < -0.4 is 10.5 Å². The lowest BCUT2D eigenvalue weighted by Gasteiger charge is -2.14. The molecule has 0 unspecified atom stereocenters. The van der Waals surface area contributed by atoms with Gasteiger partial charge in [-0.1, -0.05) is 13.0 Å². The third-order valence-electron chi connectivity index (χ3n) is 3.59. The first-order chi connectivity index (χ1) is 10.8. The van der Waals surface area contributed by atoms with E-state index in [9.17, 15) is 18.7 Å². The minimum Gasteiger partial charge on any atom is -0.493 e. The summed E-state index contributed by atoms with van der Waals surface area (Å²) in [5, 5.41) is 9.24. The maximum absolute atomic E-state index is 14.5. The number of pyridine rings is 1. The summed E-state index contributed by atoms with van der Waals surface area (Å²) in [6, 6.07) is 2.85. The zero-order chi connectivity index (χ0) is 17.3. The van der Waals surface area contributed by atoms with E-state index >= 15 is 0 Å². The van der Waals surface area contributed by atoms with Crippen molar-refractivity contribution < 1.29 is 23.4 Å². The van der Waals surface area contributed by atoms with Crippen molar-refractivity contribution in [2.24, 2.45) is 0 Å². The molecule has 1 heterocycles. The van der Waals surface area contributed by atoms with Crippen LogP contribution in [0.15, 0.2) is 12.1 Å². The number of carboxylic acid groups (broad SMARTS) is 1. The fourth-order valence-corrected chi connectivity index (χ4v) is 2.42. The van der Waals surface area contributed by atoms with Crippen LogP contribution in [-0.4, -0.2) is 23.2 Å². The molecule has 7 heteroatoms. The number of nitrogens with zero attached hydrogens (tertiary/aromatic N) is 1. The van der Waals surface area contributed by atoms with Crippen LogP contribution in [0.25, 0.3) is 11.3 Å². The maximum Gasteiger partial charge on any atom is 0.354 e. The van der Waals surface area contributed by atoms with Gasteiger partial charge >= 0.3 is 5.97 Å². The van der Waals surface area contributed by atoms with Crippen molar-refractivity contribution >= 4 is 11.7 Å². The van der Waals surface area contributed by atoms with Gasteiger partial charge < -0.3 is 15.6 Å². The summed E-state index contributed by atoms with van der Waals surface area (Å²) in [4.78, 5) is 15.1. The minimum absolute atomic E-state index is 0.0567. The van der Waals surface area contributed by atoms with Crippen LogP contribution in [0.5, 0.6) is 5.75 Å². The molecule has 5 nitrogen and oxygen atoms in total. The normalized spacial score (nSPS) is 10.7. The van der Waals surface area contributed by atoms with Gasteiger partial charge in [0.05, 0.1) is 12.8 Å². The number of carbonyl (C=O) groups is 1. The Balaban J connectivity index is 2.82. The van der Waals surface area contributed by atoms with Gasteiger partial charge in [-0.15, -0.1) is 0 Å². The number of carboxylic acids is 1. The summed E-state index contributed by atoms with van der Waals surface area (Å²) in [6.45, 7) is 3.26. The molecule has 0 atom stereocenters. The molecule has 0 aliphatic rings. The average Bonchev–Trinajstić information content (AvgIpc) is 2.50. The van der Waals surface area contributed by atoms with Crippen LogP contribution in [0.3, 0.4) is 0 Å². The molecular formula is C16H16F2N2O3. The Kier molecular flexibility index (Phi) is 4.49. The molecule has 0 aliphatic carbocycles. The number of nitrogen functional groups attached to an aromatic ring is 1. The van der Waals surface area contributed by atoms with Gasteiger partial charge in [0.1, 0.15) is 5.69 Å². The zero-order valence-electron chi connectivity index (χ0n) is 12.9. The van der Waals surface area contributed by atoms with Crippen LogP contribution in [0, 0.1) is 18.6 Å². The molecule has 2 aromatic rings. The molecule has 2 rings (SSSR count). The number of aryl methyl sites for hydroxylation is 1. The Hall–Kier alpha value is -2.70. The summed E-state index contributed by atoms with van der Waals surface area (Å²) >= 11 is 0. The second-order valence-corrected chi connectivity index (χ2v) is 4.95. The van der Waals surface area contributed by atoms with Crippen molar-refractivity contribution in [3.63, 3.8) is 0 Å². The molecule has 1 aromatic carbocycles. The van der Waals surface area contributed by atoms with E-state index in [0.717, 1.165) is 0 Å². The van der Waals surface area contributed by atoms with Crippen molar-refractivity contribution in [3.05, 3.63) is 40.6 Å². The number of aromatic carboxylic acids is 1. The van der Waals surface area contributed by atoms with E-state index in [4.69, 9.17) is 10.5 Å². The standard InChI is InChI=1S/C16H16F2N2O3/c1-4-8-12(19)11(18)13(20-14(8)16(21)22)9-6-5-7(2)15(23-3)10(9)17/h5-6H,4H2,1-3H3,(H2,19,20)(H,21,22). The number of halogens is 2. The Morgan fingerprint density at radius 2 is 2.00 bits per heavy atom. The van der Waals surface area contributed by atoms with Crippen molar-refractivity contribution in [2.75, 3.05) is 12.8 Å². The topological polar surface area (TPSA) is 85.4 Å². The minimum atomic E-state index is -1.35. The predicted octanol–water partition coefficient (Wildman–Crippen LogP) is 3.19. The van der Waals surface area contributed by atoms with Crippen molar-refractivity contribution in [1.29, 1.82) is 0 Å². The van der Waals surface area contributed by atoms with Gasteiger partial charge in [-0.3, -0.25) is 0 Å². The first-order valence-electron chi connectivity index (χ1n) is 6.88. The molecule has 3 N–H and O–H groups in total. The molecule has 0 spiro atoms. The molecule has 23 heavy (non-hydrogen) atoms. The molecule has 0 fully saturated rings. The molecule has 0 saturated carbocycles. The Labute approximate surface area is 131 Å². The smallest absolute Gasteiger partial charge is 0.354 e. The number of aromatic nitrogens is 1. The molecule has 1 aromatic heterocycles. The largest absolute Gasteiger partial charge is 0.493 e. The van der Waals surface area contributed by atoms with Gasteiger partial charge in [0, 0.05) is 11.1 Å². The van der Waals surface area contributed by atoms with Crippen molar-refractivity contribution in [1.82, 2.24) is 4.98 Å². The summed E-state index contributed by atoms with van der Waals surface area (Å²) in [5.74, 6) is -3.18. The van der Waals surface area contributed by atoms with Crippen LogP contribution >= 0.6 is 0 Å². The molecule has 0 saturated heterocycles. The highest BCUT2D eigenvalue weighted by Crippen LogP contribution is 2.35. The molecule has 0 amide bonds. The third-order valence-corrected chi connectivity index (χ3v) is 3.59. The molecular weight excluding hydrogens is 306 g/mol. The van der Waals surface area contributed by atoms with E-state index < -0.39 is 23.3 Å². The number of rotatable bonds is 4. The summed E-state index contributed by atoms with van der Waals surface area (Å²) in [5.41, 5.74) is 4.90. The van der Waals surface area contributed by atoms with E-state index in [1.165, 1.54) is 19.2 Å². The highest BCUT2D eigenvalue weighted by atomic mass is 19.1. The monoisotopic (exact) mass is 322 g/mol. The first-order valence-corrected chi connectivity index (χ1v) is 6.88. The van der Waals surface area contributed by atoms with Crippen molar-refractivity contribution in [3.8, 4) is 17.0 Å². The Morgan fingerprint density at radius 1 is 1.35 bits per heavy atom. The maximum atomic E-state index is 14.5. The Bertz CT molecular complexity index is 792. The van der Waals surface area contributed by atoms with Gasteiger partial charge in [-0.25, -0.2) is 18.6 Å². The molecule has 122 valence electrons. The number of methoxy groups -OCH3 is 1. The van der Waals surface area contributed by atoms with Gasteiger partial charge in [-0.05, 0) is 25.0 Å². The fourth-order valence-electron chi connectivity index (χ4n) is 2.42. The van der Waals surface area contributed by atoms with Crippen LogP contribution in [0.2, 0.25) is 0 Å². The summed E-state index contributed by atoms with van der Waals surface area (Å²) in [7, 11) is 1.29. The SMILES string of the molecule is CCc1c(C(=O)O)nc(-c2ccc(C)c(OC)c2F)c(F)c1N. The van der Waals surface area contributed by atoms with E-state index in [0.29, 0.717) is 5.56 Å². The average molecular weight is 322 g/mol. The zero-order valence-corrected chi connectivity index (χ0v) is 12.9. The van der Waals surface area contributed by atoms with E-state index in [1.54, 1.807) is 13.8 Å². The second-order valence-electron chi connectivity index (χ2n) is 4.95. The highest BCUT2D eigenvalue weighted by molar-refractivity contribution is 5.90. The number of anilines is 1. The molecule has 0 bridgehead atoms. The second kappa shape index (κ2) is 6.20. The lowest BCUT2D eigenvalue weighted by atomic mass is 10.0. The number of hydrogen-bond acceptors (Lipinski definition) is 4. The predicted molar refractivity (Wildman–Crippen MR) is 81.6 cm³/mol. The highest BCUT2D eigenvalue weighted by Gasteiger charge is 2.24. The van der Waals surface area contributed by atoms with E-state index in [-0.39, 0.29) is 34.7 Å². The number of hydrogen-bond donors (Lipinski definition) is 2.